The van der Waals surface area contributed by atoms with Gasteiger partial charge in [-0.15, -0.1) is 0 Å². The standard InChI is InChI=1S/C33H43FN4O3/c1-22-20-38(21-23(2)40-22)29-10-5-26(6-11-29)33(39)35-28-8-3-24(4-9-28)13-16-37-17-14-25(15-18-37)32-30-19-27(34)7-12-31(30)41-36-32/h5-7,10-12,19,22-25,28H,3-4,8-9,13-18,20-21H2,1-2H3,(H,35,39)/t22?,23?,24-,28-. The minimum atomic E-state index is -0.240. The number of nitrogens with one attached hydrogen (secondary N) is 1. The van der Waals surface area contributed by atoms with E-state index in [-0.39, 0.29) is 30.0 Å². The molecule has 2 unspecified atom stereocenters. The van der Waals surface area contributed by atoms with Crippen LogP contribution in [0.3, 0.4) is 0 Å². The van der Waals surface area contributed by atoms with Crippen LogP contribution in [0.5, 0.6) is 0 Å². The predicted octanol–water partition coefficient (Wildman–Crippen LogP) is 6.14. The third kappa shape index (κ3) is 6.75. The average molecular weight is 563 g/mol. The van der Waals surface area contributed by atoms with Crippen molar-refractivity contribution < 1.29 is 18.4 Å². The zero-order valence-electron chi connectivity index (χ0n) is 24.4. The van der Waals surface area contributed by atoms with Gasteiger partial charge >= 0.3 is 0 Å². The molecule has 2 aromatic carbocycles. The first kappa shape index (κ1) is 28.2. The molecule has 1 amide bonds. The summed E-state index contributed by atoms with van der Waals surface area (Å²) in [4.78, 5) is 17.8. The maximum atomic E-state index is 13.8. The lowest BCUT2D eigenvalue weighted by Crippen LogP contribution is -2.45. The Morgan fingerprint density at radius 2 is 1.68 bits per heavy atom. The van der Waals surface area contributed by atoms with Gasteiger partial charge in [-0.3, -0.25) is 4.79 Å². The van der Waals surface area contributed by atoms with Gasteiger partial charge in [-0.2, -0.15) is 0 Å². The van der Waals surface area contributed by atoms with Gasteiger partial charge < -0.3 is 24.4 Å². The fourth-order valence-corrected chi connectivity index (χ4v) is 7.10. The number of hydrogen-bond donors (Lipinski definition) is 1. The highest BCUT2D eigenvalue weighted by Crippen LogP contribution is 2.34. The molecule has 0 spiro atoms. The first-order chi connectivity index (χ1) is 19.9. The van der Waals surface area contributed by atoms with E-state index in [0.29, 0.717) is 11.5 Å². The van der Waals surface area contributed by atoms with Crippen molar-refractivity contribution in [1.82, 2.24) is 15.4 Å². The van der Waals surface area contributed by atoms with Crippen molar-refractivity contribution >= 4 is 22.6 Å². The Labute approximate surface area is 242 Å². The van der Waals surface area contributed by atoms with E-state index < -0.39 is 0 Å². The van der Waals surface area contributed by atoms with E-state index in [1.165, 1.54) is 25.3 Å². The van der Waals surface area contributed by atoms with E-state index in [4.69, 9.17) is 9.26 Å². The van der Waals surface area contributed by atoms with Crippen LogP contribution >= 0.6 is 0 Å². The van der Waals surface area contributed by atoms with Crippen molar-refractivity contribution in [2.45, 2.75) is 83.0 Å². The summed E-state index contributed by atoms with van der Waals surface area (Å²) >= 11 is 0. The summed E-state index contributed by atoms with van der Waals surface area (Å²) in [5, 5.41) is 8.39. The number of rotatable bonds is 7. The van der Waals surface area contributed by atoms with Gasteiger partial charge in [-0.25, -0.2) is 4.39 Å². The number of carbonyl (C=O) groups excluding carboxylic acids is 1. The molecule has 3 heterocycles. The van der Waals surface area contributed by atoms with Crippen LogP contribution < -0.4 is 10.2 Å². The topological polar surface area (TPSA) is 70.8 Å². The van der Waals surface area contributed by atoms with Gasteiger partial charge in [0.15, 0.2) is 5.58 Å². The van der Waals surface area contributed by atoms with Gasteiger partial charge in [-0.1, -0.05) is 5.16 Å². The van der Waals surface area contributed by atoms with Crippen molar-refractivity contribution in [3.8, 4) is 0 Å². The van der Waals surface area contributed by atoms with Crippen molar-refractivity contribution in [2.24, 2.45) is 5.92 Å². The molecule has 41 heavy (non-hydrogen) atoms. The molecule has 3 aromatic rings. The largest absolute Gasteiger partial charge is 0.372 e. The van der Waals surface area contributed by atoms with Gasteiger partial charge in [0.25, 0.3) is 5.91 Å². The monoisotopic (exact) mass is 562 g/mol. The molecule has 220 valence electrons. The molecule has 1 saturated carbocycles. The number of piperidine rings is 1. The minimum Gasteiger partial charge on any atom is -0.372 e. The van der Waals surface area contributed by atoms with E-state index in [1.807, 2.05) is 12.1 Å². The van der Waals surface area contributed by atoms with Crippen LogP contribution in [-0.4, -0.2) is 66.9 Å². The number of fused-ring (bicyclic) bond motifs is 1. The Morgan fingerprint density at radius 3 is 2.39 bits per heavy atom. The highest BCUT2D eigenvalue weighted by molar-refractivity contribution is 5.94. The summed E-state index contributed by atoms with van der Waals surface area (Å²) in [6, 6.07) is 12.9. The van der Waals surface area contributed by atoms with E-state index in [9.17, 15) is 9.18 Å². The molecule has 2 saturated heterocycles. The number of aromatic nitrogens is 1. The second-order valence-electron chi connectivity index (χ2n) is 12.5. The molecule has 0 radical (unpaired) electrons. The molecule has 2 aliphatic heterocycles. The quantitative estimate of drug-likeness (QED) is 0.373. The molecular weight excluding hydrogens is 519 g/mol. The lowest BCUT2D eigenvalue weighted by Gasteiger charge is -2.37. The Kier molecular flexibility index (Phi) is 8.58. The number of likely N-dealkylation sites (tertiary alicyclic amines) is 1. The first-order valence-electron chi connectivity index (χ1n) is 15.5. The van der Waals surface area contributed by atoms with Crippen molar-refractivity contribution in [2.75, 3.05) is 37.6 Å². The molecule has 2 atom stereocenters. The molecule has 0 bridgehead atoms. The lowest BCUT2D eigenvalue weighted by atomic mass is 9.83. The SMILES string of the molecule is CC1CN(c2ccc(C(=O)N[C@H]3CC[C@H](CCN4CCC(c5noc6ccc(F)cc56)CC4)CC3)cc2)CC(C)O1. The highest BCUT2D eigenvalue weighted by atomic mass is 19.1. The molecule has 1 aliphatic carbocycles. The van der Waals surface area contributed by atoms with Gasteiger partial charge in [0, 0.05) is 41.7 Å². The van der Waals surface area contributed by atoms with Crippen LogP contribution in [0, 0.1) is 11.7 Å². The number of amides is 1. The smallest absolute Gasteiger partial charge is 0.251 e. The number of anilines is 1. The van der Waals surface area contributed by atoms with E-state index in [2.05, 4.69) is 46.3 Å². The van der Waals surface area contributed by atoms with Crippen LogP contribution in [0.1, 0.15) is 80.8 Å². The third-order valence-corrected chi connectivity index (χ3v) is 9.38. The van der Waals surface area contributed by atoms with E-state index in [0.717, 1.165) is 86.7 Å². The fourth-order valence-electron chi connectivity index (χ4n) is 7.10. The number of morpholine rings is 1. The summed E-state index contributed by atoms with van der Waals surface area (Å²) < 4.78 is 25.0. The van der Waals surface area contributed by atoms with Gasteiger partial charge in [-0.05, 0) is 127 Å². The lowest BCUT2D eigenvalue weighted by molar-refractivity contribution is -0.00522. The number of benzene rings is 2. The molecular formula is C33H43FN4O3. The normalized spacial score (nSPS) is 26.4. The van der Waals surface area contributed by atoms with Crippen LogP contribution in [0.25, 0.3) is 11.0 Å². The molecule has 1 aromatic heterocycles. The third-order valence-electron chi connectivity index (χ3n) is 9.38. The van der Waals surface area contributed by atoms with Crippen LogP contribution in [-0.2, 0) is 4.74 Å². The van der Waals surface area contributed by atoms with Crippen molar-refractivity contribution in [3.05, 3.63) is 59.5 Å². The number of carbonyl (C=O) groups is 1. The average Bonchev–Trinajstić information content (AvgIpc) is 3.40. The summed E-state index contributed by atoms with van der Waals surface area (Å²) in [7, 11) is 0. The Hall–Kier alpha value is -2.97. The van der Waals surface area contributed by atoms with E-state index in [1.54, 1.807) is 12.1 Å². The summed E-state index contributed by atoms with van der Waals surface area (Å²) in [5.41, 5.74) is 3.46. The van der Waals surface area contributed by atoms with Gasteiger partial charge in [0.2, 0.25) is 0 Å². The molecule has 3 aliphatic rings. The Morgan fingerprint density at radius 1 is 0.976 bits per heavy atom. The zero-order chi connectivity index (χ0) is 28.3. The van der Waals surface area contributed by atoms with Crippen molar-refractivity contribution in [1.29, 1.82) is 0 Å². The van der Waals surface area contributed by atoms with Gasteiger partial charge in [0.05, 0.1) is 17.9 Å². The number of halogens is 1. The van der Waals surface area contributed by atoms with Gasteiger partial charge in [0.1, 0.15) is 5.82 Å². The number of ether oxygens (including phenoxy) is 1. The Bertz CT molecular complexity index is 1300. The fraction of sp³-hybridized carbons (Fsp3) is 0.576. The zero-order valence-corrected chi connectivity index (χ0v) is 24.4. The summed E-state index contributed by atoms with van der Waals surface area (Å²) in [6.45, 7) is 9.17. The Balaban J connectivity index is 0.907. The molecule has 8 heteroatoms. The molecule has 7 nitrogen and oxygen atoms in total. The summed E-state index contributed by atoms with van der Waals surface area (Å²) in [5.74, 6) is 0.850. The maximum absolute atomic E-state index is 13.8. The van der Waals surface area contributed by atoms with E-state index >= 15 is 0 Å². The predicted molar refractivity (Wildman–Crippen MR) is 159 cm³/mol. The number of nitrogens with zero attached hydrogens (tertiary/aromatic N) is 3. The molecule has 1 N–H and O–H groups in total. The highest BCUT2D eigenvalue weighted by Gasteiger charge is 2.28. The second-order valence-corrected chi connectivity index (χ2v) is 12.5. The molecule has 6 rings (SSSR count). The van der Waals surface area contributed by atoms with Crippen LogP contribution in [0.4, 0.5) is 10.1 Å². The first-order valence-corrected chi connectivity index (χ1v) is 15.5. The maximum Gasteiger partial charge on any atom is 0.251 e. The molecule has 3 fully saturated rings. The van der Waals surface area contributed by atoms with Crippen LogP contribution in [0.2, 0.25) is 0 Å². The van der Waals surface area contributed by atoms with Crippen LogP contribution in [0.15, 0.2) is 47.0 Å². The second kappa shape index (κ2) is 12.5. The van der Waals surface area contributed by atoms with Crippen molar-refractivity contribution in [3.63, 3.8) is 0 Å². The number of hydrogen-bond acceptors (Lipinski definition) is 6. The minimum absolute atomic E-state index is 0.0363. The summed E-state index contributed by atoms with van der Waals surface area (Å²) in [6.07, 6.45) is 8.14.